The third-order valence-electron chi connectivity index (χ3n) is 5.10. The Labute approximate surface area is 142 Å². The molecule has 138 valence electrons. The smallest absolute Gasteiger partial charge is 0.345 e. The van der Waals surface area contributed by atoms with Crippen LogP contribution in [0.5, 0.6) is 0 Å². The van der Waals surface area contributed by atoms with Gasteiger partial charge in [0.25, 0.3) is 0 Å². The van der Waals surface area contributed by atoms with Gasteiger partial charge >= 0.3 is 6.30 Å². The molecule has 0 atom stereocenters. The monoisotopic (exact) mass is 347 g/mol. The molecule has 7 heteroatoms. The fourth-order valence-corrected chi connectivity index (χ4v) is 3.38. The highest BCUT2D eigenvalue weighted by atomic mass is 19.4. The molecule has 2 aliphatic rings. The number of hydrogen-bond acceptors (Lipinski definition) is 3. The lowest BCUT2D eigenvalue weighted by atomic mass is 9.83. The van der Waals surface area contributed by atoms with E-state index < -0.39 is 6.30 Å². The minimum atomic E-state index is -4.19. The Morgan fingerprint density at radius 3 is 2.25 bits per heavy atom. The van der Waals surface area contributed by atoms with Crippen LogP contribution in [0.3, 0.4) is 0 Å². The predicted octanol–water partition coefficient (Wildman–Crippen LogP) is 2.72. The Morgan fingerprint density at radius 2 is 1.75 bits per heavy atom. The number of nitrogens with zero attached hydrogens (tertiary/aromatic N) is 3. The quantitative estimate of drug-likeness (QED) is 0.578. The molecule has 1 amide bonds. The second-order valence-electron chi connectivity index (χ2n) is 7.06. The van der Waals surface area contributed by atoms with Crippen LogP contribution in [-0.2, 0) is 4.79 Å². The van der Waals surface area contributed by atoms with Crippen molar-refractivity contribution in [3.63, 3.8) is 0 Å². The van der Waals surface area contributed by atoms with Gasteiger partial charge in [0.15, 0.2) is 0 Å². The number of rotatable bonds is 4. The second kappa shape index (κ2) is 8.34. The average molecular weight is 347 g/mol. The normalized spacial score (nSPS) is 24.0. The number of likely N-dealkylation sites (N-methyl/N-ethyl adjacent to an activating group) is 1. The van der Waals surface area contributed by atoms with E-state index in [0.29, 0.717) is 23.9 Å². The number of amides is 1. The Hall–Kier alpha value is -1.08. The number of piperazine rings is 1. The van der Waals surface area contributed by atoms with E-state index in [1.165, 1.54) is 5.57 Å². The lowest BCUT2D eigenvalue weighted by Gasteiger charge is -2.36. The maximum Gasteiger partial charge on any atom is 0.460 e. The van der Waals surface area contributed by atoms with Crippen molar-refractivity contribution in [2.75, 3.05) is 46.8 Å². The Balaban J connectivity index is 1.66. The molecule has 1 aliphatic heterocycles. The van der Waals surface area contributed by atoms with E-state index in [2.05, 4.69) is 4.90 Å². The summed E-state index contributed by atoms with van der Waals surface area (Å²) < 4.78 is 37.8. The highest BCUT2D eigenvalue weighted by Gasteiger charge is 2.38. The van der Waals surface area contributed by atoms with Crippen LogP contribution in [0.15, 0.2) is 11.6 Å². The summed E-state index contributed by atoms with van der Waals surface area (Å²) in [5, 5.41) is 0. The molecule has 0 spiro atoms. The summed E-state index contributed by atoms with van der Waals surface area (Å²) in [5.74, 6) is 0.670. The molecule has 0 aromatic carbocycles. The zero-order chi connectivity index (χ0) is 17.7. The van der Waals surface area contributed by atoms with Crippen molar-refractivity contribution in [1.29, 1.82) is 0 Å². The van der Waals surface area contributed by atoms with E-state index in [1.54, 1.807) is 25.1 Å². The van der Waals surface area contributed by atoms with Crippen LogP contribution < -0.4 is 0 Å². The van der Waals surface area contributed by atoms with Gasteiger partial charge in [0, 0.05) is 46.4 Å². The van der Waals surface area contributed by atoms with Gasteiger partial charge < -0.3 is 9.80 Å². The molecular weight excluding hydrogens is 319 g/mol. The van der Waals surface area contributed by atoms with Crippen LogP contribution in [0, 0.1) is 5.92 Å². The summed E-state index contributed by atoms with van der Waals surface area (Å²) in [7, 11) is 3.51. The molecule has 0 aromatic rings. The van der Waals surface area contributed by atoms with Crippen LogP contribution in [0.1, 0.15) is 32.1 Å². The van der Waals surface area contributed by atoms with Gasteiger partial charge in [-0.2, -0.15) is 13.2 Å². The Kier molecular flexibility index (Phi) is 6.69. The van der Waals surface area contributed by atoms with Gasteiger partial charge in [0.05, 0.1) is 0 Å². The number of alkyl halides is 3. The molecule has 4 nitrogen and oxygen atoms in total. The SMILES string of the molecule is CN(C)C(=O)C=C1CCC(CCN2CCN(C(F)(F)F)CC2)CC1. The molecule has 2 fully saturated rings. The van der Waals surface area contributed by atoms with E-state index in [0.717, 1.165) is 38.6 Å². The zero-order valence-electron chi connectivity index (χ0n) is 14.6. The number of carbonyl (C=O) groups is 1. The van der Waals surface area contributed by atoms with Gasteiger partial charge in [-0.3, -0.25) is 4.79 Å². The molecule has 0 aromatic heterocycles. The number of carbonyl (C=O) groups excluding carboxylic acids is 1. The van der Waals surface area contributed by atoms with E-state index in [4.69, 9.17) is 0 Å². The van der Waals surface area contributed by atoms with Gasteiger partial charge in [-0.1, -0.05) is 5.57 Å². The molecule has 0 N–H and O–H groups in total. The lowest BCUT2D eigenvalue weighted by molar-refractivity contribution is -0.252. The minimum Gasteiger partial charge on any atom is -0.345 e. The standard InChI is InChI=1S/C17H28F3N3O/c1-21(2)16(24)13-15-5-3-14(4-6-15)7-8-22-9-11-23(12-10-22)17(18,19)20/h13-14H,3-12H2,1-2H3. The van der Waals surface area contributed by atoms with Crippen molar-refractivity contribution in [3.05, 3.63) is 11.6 Å². The van der Waals surface area contributed by atoms with Gasteiger partial charge in [-0.15, -0.1) is 0 Å². The van der Waals surface area contributed by atoms with Crippen molar-refractivity contribution >= 4 is 5.91 Å². The molecule has 0 unspecified atom stereocenters. The maximum atomic E-state index is 12.6. The van der Waals surface area contributed by atoms with Crippen LogP contribution in [0.25, 0.3) is 0 Å². The van der Waals surface area contributed by atoms with Crippen molar-refractivity contribution in [2.45, 2.75) is 38.4 Å². The second-order valence-corrected chi connectivity index (χ2v) is 7.06. The predicted molar refractivity (Wildman–Crippen MR) is 87.4 cm³/mol. The van der Waals surface area contributed by atoms with Gasteiger partial charge in [-0.25, -0.2) is 4.90 Å². The van der Waals surface area contributed by atoms with Gasteiger partial charge in [-0.05, 0) is 44.6 Å². The maximum absolute atomic E-state index is 12.6. The number of allylic oxidation sites excluding steroid dienone is 1. The van der Waals surface area contributed by atoms with Crippen LogP contribution in [0.2, 0.25) is 0 Å². The number of halogens is 3. The summed E-state index contributed by atoms with van der Waals surface area (Å²) in [5.41, 5.74) is 1.23. The van der Waals surface area contributed by atoms with Gasteiger partial charge in [0.2, 0.25) is 5.91 Å². The topological polar surface area (TPSA) is 26.8 Å². The van der Waals surface area contributed by atoms with E-state index in [9.17, 15) is 18.0 Å². The van der Waals surface area contributed by atoms with Crippen molar-refractivity contribution in [1.82, 2.24) is 14.7 Å². The lowest BCUT2D eigenvalue weighted by Crippen LogP contribution is -2.52. The average Bonchev–Trinajstić information content (AvgIpc) is 2.53. The van der Waals surface area contributed by atoms with E-state index in [-0.39, 0.29) is 19.0 Å². The summed E-state index contributed by atoms with van der Waals surface area (Å²) in [6.07, 6.45) is 2.69. The largest absolute Gasteiger partial charge is 0.460 e. The van der Waals surface area contributed by atoms with Crippen LogP contribution in [-0.4, -0.2) is 73.7 Å². The molecule has 0 bridgehead atoms. The molecule has 1 heterocycles. The molecule has 0 radical (unpaired) electrons. The molecular formula is C17H28F3N3O. The van der Waals surface area contributed by atoms with Gasteiger partial charge in [0.1, 0.15) is 0 Å². The molecule has 2 rings (SSSR count). The minimum absolute atomic E-state index is 0.0472. The first kappa shape index (κ1) is 19.2. The van der Waals surface area contributed by atoms with E-state index >= 15 is 0 Å². The first-order valence-electron chi connectivity index (χ1n) is 8.70. The third-order valence-corrected chi connectivity index (χ3v) is 5.10. The summed E-state index contributed by atoms with van der Waals surface area (Å²) in [6.45, 7) is 2.02. The highest BCUT2D eigenvalue weighted by Crippen LogP contribution is 2.31. The van der Waals surface area contributed by atoms with E-state index in [1.807, 2.05) is 0 Å². The first-order valence-corrected chi connectivity index (χ1v) is 8.70. The molecule has 1 saturated heterocycles. The Bertz CT molecular complexity index is 444. The summed E-state index contributed by atoms with van der Waals surface area (Å²) in [4.78, 5) is 16.0. The highest BCUT2D eigenvalue weighted by molar-refractivity contribution is 5.87. The zero-order valence-corrected chi connectivity index (χ0v) is 14.6. The molecule has 1 aliphatic carbocycles. The number of hydrogen-bond donors (Lipinski definition) is 0. The van der Waals surface area contributed by atoms with Crippen molar-refractivity contribution in [2.24, 2.45) is 5.92 Å². The van der Waals surface area contributed by atoms with Crippen molar-refractivity contribution < 1.29 is 18.0 Å². The summed E-state index contributed by atoms with van der Waals surface area (Å²) in [6, 6.07) is 0. The van der Waals surface area contributed by atoms with Crippen LogP contribution in [0.4, 0.5) is 13.2 Å². The Morgan fingerprint density at radius 1 is 1.17 bits per heavy atom. The molecule has 24 heavy (non-hydrogen) atoms. The summed E-state index contributed by atoms with van der Waals surface area (Å²) >= 11 is 0. The fraction of sp³-hybridized carbons (Fsp3) is 0.824. The van der Waals surface area contributed by atoms with Crippen molar-refractivity contribution in [3.8, 4) is 0 Å². The molecule has 1 saturated carbocycles. The van der Waals surface area contributed by atoms with Crippen LogP contribution >= 0.6 is 0 Å². The fourth-order valence-electron chi connectivity index (χ4n) is 3.38. The third kappa shape index (κ3) is 5.77. The first-order chi connectivity index (χ1) is 11.3.